The number of nitrogens with zero attached hydrogens (tertiary/aromatic N) is 2. The smallest absolute Gasteiger partial charge is 0.340 e. The van der Waals surface area contributed by atoms with Crippen molar-refractivity contribution in [2.45, 2.75) is 44.1 Å². The molecule has 3 unspecified atom stereocenters. The molecule has 1 fully saturated rings. The van der Waals surface area contributed by atoms with Gasteiger partial charge < -0.3 is 19.7 Å². The van der Waals surface area contributed by atoms with Gasteiger partial charge in [0.1, 0.15) is 11.3 Å². The highest BCUT2D eigenvalue weighted by molar-refractivity contribution is 6.01. The van der Waals surface area contributed by atoms with Crippen LogP contribution >= 0.6 is 0 Å². The average molecular weight is 474 g/mol. The van der Waals surface area contributed by atoms with Crippen molar-refractivity contribution in [1.29, 1.82) is 0 Å². The van der Waals surface area contributed by atoms with E-state index in [0.29, 0.717) is 17.0 Å². The molecule has 184 valence electrons. The SMILES string of the molecule is COC(=O)c1cccc2[nH]c(CCCN(C)CCC3(O)CC4CCC3C=C4c3ccccc3)nc12. The number of carbonyl (C=O) groups excluding carboxylic acids is 1. The number of aliphatic hydroxyl groups is 1. The van der Waals surface area contributed by atoms with Crippen LogP contribution in [-0.4, -0.2) is 58.8 Å². The third-order valence-electron chi connectivity index (χ3n) is 7.89. The quantitative estimate of drug-likeness (QED) is 0.435. The molecule has 2 bridgehead atoms. The molecule has 6 heteroatoms. The number of allylic oxidation sites excluding steroid dienone is 1. The zero-order valence-electron chi connectivity index (χ0n) is 20.7. The summed E-state index contributed by atoms with van der Waals surface area (Å²) in [5.41, 5.74) is 4.16. The number of H-pyrrole nitrogens is 1. The fourth-order valence-electron chi connectivity index (χ4n) is 5.93. The number of ether oxygens (including phenoxy) is 1. The predicted octanol–water partition coefficient (Wildman–Crippen LogP) is 4.85. The Balaban J connectivity index is 1.14. The zero-order chi connectivity index (χ0) is 24.4. The molecule has 3 aliphatic carbocycles. The van der Waals surface area contributed by atoms with Crippen molar-refractivity contribution in [2.24, 2.45) is 11.8 Å². The van der Waals surface area contributed by atoms with Crippen molar-refractivity contribution in [3.63, 3.8) is 0 Å². The van der Waals surface area contributed by atoms with E-state index in [1.54, 1.807) is 6.07 Å². The maximum absolute atomic E-state index is 12.0. The Bertz CT molecular complexity index is 1220. The number of fused-ring (bicyclic) bond motifs is 3. The Morgan fingerprint density at radius 1 is 1.17 bits per heavy atom. The Labute approximate surface area is 207 Å². The summed E-state index contributed by atoms with van der Waals surface area (Å²) >= 11 is 0. The van der Waals surface area contributed by atoms with Crippen LogP contribution in [0.4, 0.5) is 0 Å². The normalized spacial score (nSPS) is 23.6. The van der Waals surface area contributed by atoms with Gasteiger partial charge in [0, 0.05) is 18.9 Å². The topological polar surface area (TPSA) is 78.5 Å². The molecule has 6 rings (SSSR count). The van der Waals surface area contributed by atoms with E-state index in [1.165, 1.54) is 24.7 Å². The molecular weight excluding hydrogens is 438 g/mol. The number of rotatable bonds is 9. The molecule has 1 heterocycles. The molecule has 0 aliphatic heterocycles. The Hall–Kier alpha value is -2.96. The van der Waals surface area contributed by atoms with E-state index < -0.39 is 5.60 Å². The summed E-state index contributed by atoms with van der Waals surface area (Å²) in [5, 5.41) is 11.5. The van der Waals surface area contributed by atoms with Gasteiger partial charge in [-0.2, -0.15) is 0 Å². The third-order valence-corrected chi connectivity index (χ3v) is 7.89. The molecule has 0 radical (unpaired) electrons. The van der Waals surface area contributed by atoms with Crippen LogP contribution in [0.3, 0.4) is 0 Å². The molecular formula is C29H35N3O3. The molecule has 6 nitrogen and oxygen atoms in total. The summed E-state index contributed by atoms with van der Waals surface area (Å²) in [6, 6.07) is 16.2. The Morgan fingerprint density at radius 3 is 2.74 bits per heavy atom. The highest BCUT2D eigenvalue weighted by Gasteiger charge is 2.46. The van der Waals surface area contributed by atoms with Crippen LogP contribution < -0.4 is 0 Å². The molecule has 2 aromatic carbocycles. The number of hydrogen-bond acceptors (Lipinski definition) is 5. The van der Waals surface area contributed by atoms with Crippen LogP contribution in [-0.2, 0) is 11.2 Å². The van der Waals surface area contributed by atoms with Crippen molar-refractivity contribution in [3.05, 3.63) is 71.6 Å². The summed E-state index contributed by atoms with van der Waals surface area (Å²) in [6.45, 7) is 1.80. The summed E-state index contributed by atoms with van der Waals surface area (Å²) in [5.74, 6) is 1.22. The number of esters is 1. The van der Waals surface area contributed by atoms with Crippen LogP contribution in [0.5, 0.6) is 0 Å². The van der Waals surface area contributed by atoms with Gasteiger partial charge in [-0.25, -0.2) is 9.78 Å². The number of hydrogen-bond donors (Lipinski definition) is 2. The first-order valence-corrected chi connectivity index (χ1v) is 12.7. The van der Waals surface area contributed by atoms with Crippen LogP contribution in [0, 0.1) is 11.8 Å². The molecule has 1 aromatic heterocycles. The summed E-state index contributed by atoms with van der Waals surface area (Å²) in [7, 11) is 3.52. The van der Waals surface area contributed by atoms with Crippen LogP contribution in [0.15, 0.2) is 54.6 Å². The van der Waals surface area contributed by atoms with E-state index in [9.17, 15) is 9.90 Å². The predicted molar refractivity (Wildman–Crippen MR) is 138 cm³/mol. The molecule has 1 saturated carbocycles. The highest BCUT2D eigenvalue weighted by Crippen LogP contribution is 2.51. The molecule has 0 spiro atoms. The Morgan fingerprint density at radius 2 is 2.00 bits per heavy atom. The van der Waals surface area contributed by atoms with Gasteiger partial charge in [-0.1, -0.05) is 42.5 Å². The first-order chi connectivity index (χ1) is 17.0. The second-order valence-corrected chi connectivity index (χ2v) is 10.2. The number of aromatic amines is 1. The minimum absolute atomic E-state index is 0.246. The zero-order valence-corrected chi connectivity index (χ0v) is 20.7. The molecule has 3 aromatic rings. The lowest BCUT2D eigenvalue weighted by atomic mass is 9.61. The van der Waals surface area contributed by atoms with Gasteiger partial charge >= 0.3 is 5.97 Å². The number of aromatic nitrogens is 2. The third kappa shape index (κ3) is 4.91. The second-order valence-electron chi connectivity index (χ2n) is 10.2. The van der Waals surface area contributed by atoms with Gasteiger partial charge in [0.2, 0.25) is 0 Å². The molecule has 35 heavy (non-hydrogen) atoms. The van der Waals surface area contributed by atoms with E-state index in [1.807, 2.05) is 12.1 Å². The van der Waals surface area contributed by atoms with Crippen molar-refractivity contribution in [1.82, 2.24) is 14.9 Å². The standard InChI is InChI=1S/C29H35N3O3/c1-32(16-7-12-26-30-25-11-6-10-23(27(25)31-26)28(33)35-2)17-15-29(34)19-21-13-14-22(29)18-24(21)20-8-4-3-5-9-20/h3-6,8-11,18,21-22,34H,7,12-17,19H2,1-2H3,(H,30,31). The van der Waals surface area contributed by atoms with Gasteiger partial charge in [-0.05, 0) is 74.9 Å². The maximum atomic E-state index is 12.0. The maximum Gasteiger partial charge on any atom is 0.340 e. The second kappa shape index (κ2) is 9.96. The van der Waals surface area contributed by atoms with Crippen LogP contribution in [0.2, 0.25) is 0 Å². The van der Waals surface area contributed by atoms with Crippen molar-refractivity contribution in [2.75, 3.05) is 27.2 Å². The van der Waals surface area contributed by atoms with Gasteiger partial charge in [0.15, 0.2) is 0 Å². The number of para-hydroxylation sites is 1. The van der Waals surface area contributed by atoms with E-state index in [0.717, 1.165) is 56.5 Å². The summed E-state index contributed by atoms with van der Waals surface area (Å²) in [6.07, 6.45) is 8.05. The number of carbonyl (C=O) groups is 1. The minimum Gasteiger partial charge on any atom is -0.465 e. The van der Waals surface area contributed by atoms with Crippen LogP contribution in [0.1, 0.15) is 53.8 Å². The number of nitrogens with one attached hydrogen (secondary N) is 1. The van der Waals surface area contributed by atoms with E-state index in [-0.39, 0.29) is 11.9 Å². The lowest BCUT2D eigenvalue weighted by Crippen LogP contribution is -2.48. The monoisotopic (exact) mass is 473 g/mol. The highest BCUT2D eigenvalue weighted by atomic mass is 16.5. The minimum atomic E-state index is -0.599. The largest absolute Gasteiger partial charge is 0.465 e. The lowest BCUT2D eigenvalue weighted by molar-refractivity contribution is -0.0574. The number of methoxy groups -OCH3 is 1. The van der Waals surface area contributed by atoms with Gasteiger partial charge in [-0.3, -0.25) is 0 Å². The first kappa shape index (κ1) is 23.8. The molecule has 0 saturated heterocycles. The molecule has 3 aliphatic rings. The summed E-state index contributed by atoms with van der Waals surface area (Å²) in [4.78, 5) is 22.3. The van der Waals surface area contributed by atoms with Crippen molar-refractivity contribution in [3.8, 4) is 0 Å². The molecule has 0 amide bonds. The number of imidazole rings is 1. The van der Waals surface area contributed by atoms with Gasteiger partial charge in [0.25, 0.3) is 0 Å². The molecule has 2 N–H and O–H groups in total. The number of aryl methyl sites for hydroxylation is 1. The fraction of sp³-hybridized carbons (Fsp3) is 0.448. The lowest BCUT2D eigenvalue weighted by Gasteiger charge is -2.48. The van der Waals surface area contributed by atoms with Crippen molar-refractivity contribution >= 4 is 22.6 Å². The first-order valence-electron chi connectivity index (χ1n) is 12.7. The van der Waals surface area contributed by atoms with E-state index in [2.05, 4.69) is 58.3 Å². The van der Waals surface area contributed by atoms with Gasteiger partial charge in [-0.15, -0.1) is 0 Å². The average Bonchev–Trinajstić information content (AvgIpc) is 3.31. The summed E-state index contributed by atoms with van der Waals surface area (Å²) < 4.78 is 4.87. The van der Waals surface area contributed by atoms with Crippen molar-refractivity contribution < 1.29 is 14.6 Å². The van der Waals surface area contributed by atoms with Crippen LogP contribution in [0.25, 0.3) is 16.6 Å². The fourth-order valence-corrected chi connectivity index (χ4v) is 5.93. The molecule has 3 atom stereocenters. The Kier molecular flexibility index (Phi) is 6.76. The van der Waals surface area contributed by atoms with Gasteiger partial charge in [0.05, 0.1) is 23.8 Å². The van der Waals surface area contributed by atoms with E-state index >= 15 is 0 Å². The van der Waals surface area contributed by atoms with E-state index in [4.69, 9.17) is 4.74 Å². The number of benzene rings is 2.